The standard InChI is InChI=1S/C13H14FNO4S/c1-9(5-13(16)19-2)20(17,18)8-11-4-3-10(7-15)6-12(11)14/h3-4,6,9H,5,8H2,1-2H3. The van der Waals surface area contributed by atoms with E-state index in [0.29, 0.717) is 0 Å². The molecule has 20 heavy (non-hydrogen) atoms. The van der Waals surface area contributed by atoms with Crippen LogP contribution in [0.4, 0.5) is 4.39 Å². The second kappa shape index (κ2) is 6.48. The second-order valence-corrected chi connectivity index (χ2v) is 6.74. The molecular weight excluding hydrogens is 285 g/mol. The fourth-order valence-corrected chi connectivity index (χ4v) is 2.88. The number of carbonyl (C=O) groups is 1. The summed E-state index contributed by atoms with van der Waals surface area (Å²) in [5, 5.41) is 7.65. The number of nitriles is 1. The second-order valence-electron chi connectivity index (χ2n) is 4.32. The van der Waals surface area contributed by atoms with Gasteiger partial charge in [-0.15, -0.1) is 0 Å². The summed E-state index contributed by atoms with van der Waals surface area (Å²) in [6.07, 6.45) is -0.281. The molecule has 0 fully saturated rings. The average molecular weight is 299 g/mol. The highest BCUT2D eigenvalue weighted by Gasteiger charge is 2.25. The number of halogens is 1. The third kappa shape index (κ3) is 4.03. The Morgan fingerprint density at radius 1 is 1.50 bits per heavy atom. The van der Waals surface area contributed by atoms with Crippen LogP contribution in [0.15, 0.2) is 18.2 Å². The molecule has 0 bridgehead atoms. The van der Waals surface area contributed by atoms with Crippen molar-refractivity contribution in [3.05, 3.63) is 35.1 Å². The van der Waals surface area contributed by atoms with Crippen LogP contribution in [0.3, 0.4) is 0 Å². The van der Waals surface area contributed by atoms with Gasteiger partial charge in [0.1, 0.15) is 5.82 Å². The van der Waals surface area contributed by atoms with E-state index < -0.39 is 32.6 Å². The number of benzene rings is 1. The summed E-state index contributed by atoms with van der Waals surface area (Å²) in [4.78, 5) is 11.1. The first-order valence-electron chi connectivity index (χ1n) is 5.77. The molecule has 0 heterocycles. The van der Waals surface area contributed by atoms with E-state index in [0.717, 1.165) is 6.07 Å². The summed E-state index contributed by atoms with van der Waals surface area (Å²) < 4.78 is 42.1. The molecule has 0 aliphatic carbocycles. The van der Waals surface area contributed by atoms with Gasteiger partial charge < -0.3 is 4.74 Å². The molecule has 7 heteroatoms. The molecule has 0 aliphatic rings. The lowest BCUT2D eigenvalue weighted by molar-refractivity contribution is -0.140. The number of hydrogen-bond acceptors (Lipinski definition) is 5. The normalized spacial score (nSPS) is 12.5. The average Bonchev–Trinajstić information content (AvgIpc) is 2.40. The van der Waals surface area contributed by atoms with E-state index in [9.17, 15) is 17.6 Å². The molecule has 0 N–H and O–H groups in total. The van der Waals surface area contributed by atoms with Gasteiger partial charge in [-0.05, 0) is 19.1 Å². The Kier molecular flexibility index (Phi) is 5.22. The number of sulfone groups is 1. The van der Waals surface area contributed by atoms with Crippen molar-refractivity contribution in [2.45, 2.75) is 24.3 Å². The van der Waals surface area contributed by atoms with Gasteiger partial charge in [-0.1, -0.05) is 6.07 Å². The van der Waals surface area contributed by atoms with E-state index in [1.54, 1.807) is 6.07 Å². The monoisotopic (exact) mass is 299 g/mol. The van der Waals surface area contributed by atoms with Gasteiger partial charge in [0.15, 0.2) is 9.84 Å². The predicted octanol–water partition coefficient (Wildman–Crippen LogP) is 1.56. The molecule has 0 saturated heterocycles. The Balaban J connectivity index is 2.91. The SMILES string of the molecule is COC(=O)CC(C)S(=O)(=O)Cc1ccc(C#N)cc1F. The third-order valence-electron chi connectivity index (χ3n) is 2.83. The van der Waals surface area contributed by atoms with Crippen LogP contribution in [0.25, 0.3) is 0 Å². The Hall–Kier alpha value is -1.94. The lowest BCUT2D eigenvalue weighted by atomic mass is 10.1. The Labute approximate surface area is 116 Å². The Bertz CT molecular complexity index is 649. The molecule has 0 aliphatic heterocycles. The summed E-state index contributed by atoms with van der Waals surface area (Å²) in [5.41, 5.74) is 0.0898. The van der Waals surface area contributed by atoms with Crippen LogP contribution in [-0.2, 0) is 25.1 Å². The smallest absolute Gasteiger partial charge is 0.306 e. The minimum Gasteiger partial charge on any atom is -0.469 e. The van der Waals surface area contributed by atoms with Crippen molar-refractivity contribution in [2.24, 2.45) is 0 Å². The van der Waals surface area contributed by atoms with Crippen molar-refractivity contribution >= 4 is 15.8 Å². The van der Waals surface area contributed by atoms with Gasteiger partial charge in [0.25, 0.3) is 0 Å². The molecule has 1 atom stereocenters. The molecule has 1 unspecified atom stereocenters. The largest absolute Gasteiger partial charge is 0.469 e. The Morgan fingerprint density at radius 2 is 2.15 bits per heavy atom. The Morgan fingerprint density at radius 3 is 2.65 bits per heavy atom. The maximum atomic E-state index is 13.7. The van der Waals surface area contributed by atoms with E-state index >= 15 is 0 Å². The number of rotatable bonds is 5. The minimum absolute atomic E-state index is 0.0271. The topological polar surface area (TPSA) is 84.2 Å². The molecule has 5 nitrogen and oxygen atoms in total. The van der Waals surface area contributed by atoms with E-state index in [1.807, 2.05) is 0 Å². The van der Waals surface area contributed by atoms with Gasteiger partial charge in [-0.2, -0.15) is 5.26 Å². The van der Waals surface area contributed by atoms with E-state index in [-0.39, 0.29) is 17.5 Å². The predicted molar refractivity (Wildman–Crippen MR) is 69.8 cm³/mol. The lowest BCUT2D eigenvalue weighted by Crippen LogP contribution is -2.23. The summed E-state index contributed by atoms with van der Waals surface area (Å²) in [6, 6.07) is 5.35. The summed E-state index contributed by atoms with van der Waals surface area (Å²) >= 11 is 0. The number of nitrogens with zero attached hydrogens (tertiary/aromatic N) is 1. The molecule has 0 radical (unpaired) electrons. The van der Waals surface area contributed by atoms with Crippen LogP contribution in [0.1, 0.15) is 24.5 Å². The number of ether oxygens (including phenoxy) is 1. The maximum absolute atomic E-state index is 13.7. The number of carbonyl (C=O) groups excluding carboxylic acids is 1. The molecule has 108 valence electrons. The maximum Gasteiger partial charge on any atom is 0.306 e. The molecule has 0 amide bonds. The first-order valence-corrected chi connectivity index (χ1v) is 7.48. The van der Waals surface area contributed by atoms with Gasteiger partial charge in [0, 0.05) is 5.56 Å². The van der Waals surface area contributed by atoms with Crippen molar-refractivity contribution in [2.75, 3.05) is 7.11 Å². The molecular formula is C13H14FNO4S. The van der Waals surface area contributed by atoms with E-state index in [4.69, 9.17) is 5.26 Å². The van der Waals surface area contributed by atoms with Gasteiger partial charge >= 0.3 is 5.97 Å². The first-order chi connectivity index (χ1) is 9.30. The van der Waals surface area contributed by atoms with Crippen molar-refractivity contribution in [1.29, 1.82) is 5.26 Å². The zero-order valence-electron chi connectivity index (χ0n) is 11.1. The van der Waals surface area contributed by atoms with Crippen LogP contribution in [0, 0.1) is 17.1 Å². The molecule has 1 aromatic rings. The fraction of sp³-hybridized carbons (Fsp3) is 0.385. The molecule has 1 rings (SSSR count). The highest BCUT2D eigenvalue weighted by molar-refractivity contribution is 7.91. The van der Waals surface area contributed by atoms with E-state index in [2.05, 4.69) is 4.74 Å². The highest BCUT2D eigenvalue weighted by Crippen LogP contribution is 2.17. The van der Waals surface area contributed by atoms with Gasteiger partial charge in [-0.25, -0.2) is 12.8 Å². The van der Waals surface area contributed by atoms with E-state index in [1.165, 1.54) is 26.2 Å². The molecule has 1 aromatic carbocycles. The first kappa shape index (κ1) is 16.1. The van der Waals surface area contributed by atoms with Crippen LogP contribution >= 0.6 is 0 Å². The lowest BCUT2D eigenvalue weighted by Gasteiger charge is -2.12. The van der Waals surface area contributed by atoms with Crippen LogP contribution in [0.5, 0.6) is 0 Å². The van der Waals surface area contributed by atoms with Crippen molar-refractivity contribution in [3.63, 3.8) is 0 Å². The van der Waals surface area contributed by atoms with Gasteiger partial charge in [-0.3, -0.25) is 4.79 Å². The van der Waals surface area contributed by atoms with Crippen LogP contribution in [0.2, 0.25) is 0 Å². The summed E-state index contributed by atoms with van der Waals surface area (Å²) in [5.74, 6) is -1.91. The highest BCUT2D eigenvalue weighted by atomic mass is 32.2. The van der Waals surface area contributed by atoms with Crippen molar-refractivity contribution in [3.8, 4) is 6.07 Å². The zero-order valence-corrected chi connectivity index (χ0v) is 11.9. The van der Waals surface area contributed by atoms with Crippen molar-refractivity contribution < 1.29 is 22.3 Å². The quantitative estimate of drug-likeness (QED) is 0.770. The summed E-state index contributed by atoms with van der Waals surface area (Å²) in [7, 11) is -2.52. The molecule has 0 spiro atoms. The number of hydrogen-bond donors (Lipinski definition) is 0. The van der Waals surface area contributed by atoms with Gasteiger partial charge in [0.2, 0.25) is 0 Å². The van der Waals surface area contributed by atoms with Crippen LogP contribution in [-0.4, -0.2) is 26.7 Å². The fourth-order valence-electron chi connectivity index (χ4n) is 1.54. The van der Waals surface area contributed by atoms with Crippen molar-refractivity contribution in [1.82, 2.24) is 0 Å². The van der Waals surface area contributed by atoms with Gasteiger partial charge in [0.05, 0.1) is 36.2 Å². The molecule has 0 aromatic heterocycles. The minimum atomic E-state index is -3.68. The third-order valence-corrected chi connectivity index (χ3v) is 4.94. The summed E-state index contributed by atoms with van der Waals surface area (Å²) in [6.45, 7) is 1.37. The van der Waals surface area contributed by atoms with Crippen LogP contribution < -0.4 is 0 Å². The number of esters is 1. The number of methoxy groups -OCH3 is 1. The zero-order chi connectivity index (χ0) is 15.3. The molecule has 0 saturated carbocycles.